The number of hydrazone groups is 1. The van der Waals surface area contributed by atoms with Gasteiger partial charge in [-0.2, -0.15) is 10.4 Å². The molecule has 1 N–H and O–H groups in total. The molecule has 0 spiro atoms. The number of nitriles is 1. The van der Waals surface area contributed by atoms with Gasteiger partial charge in [0.1, 0.15) is 6.54 Å². The zero-order valence-corrected chi connectivity index (χ0v) is 20.5. The van der Waals surface area contributed by atoms with Gasteiger partial charge >= 0.3 is 0 Å². The molecule has 1 aromatic heterocycles. The minimum Gasteiger partial charge on any atom is -0.271 e. The number of likely N-dealkylation sites (N-methyl/N-ethyl adjacent to an activating group) is 1. The van der Waals surface area contributed by atoms with Crippen LogP contribution in [0.25, 0.3) is 11.1 Å². The standard InChI is InChI=1S/C18H14ClN5O2.C9H9N/c1-23-18(26)16(11-2-4-13(19)5-3-11)15(12-6-8-20-9-7-12)17-22-21-14(25)10-24(17)23;1-8-3-2-4-9(7-10)6-5-8/h2-9H,10H2,1H3,(H,21,25);2,4-6H,3H2,1H3. The summed E-state index contributed by atoms with van der Waals surface area (Å²) in [5, 5.41) is 16.3. The third-order valence-electron chi connectivity index (χ3n) is 5.68. The van der Waals surface area contributed by atoms with Crippen LogP contribution in [0.15, 0.2) is 89.3 Å². The molecule has 36 heavy (non-hydrogen) atoms. The van der Waals surface area contributed by atoms with Crippen LogP contribution >= 0.6 is 11.6 Å². The molecule has 0 bridgehead atoms. The van der Waals surface area contributed by atoms with Crippen molar-refractivity contribution in [3.8, 4) is 6.07 Å². The molecule has 2 aliphatic heterocycles. The topological polar surface area (TPSA) is 102 Å². The van der Waals surface area contributed by atoms with E-state index in [4.69, 9.17) is 16.9 Å². The molecule has 2 amide bonds. The zero-order chi connectivity index (χ0) is 25.7. The Labute approximate surface area is 214 Å². The van der Waals surface area contributed by atoms with Crippen LogP contribution < -0.4 is 5.43 Å². The predicted octanol–water partition coefficient (Wildman–Crippen LogP) is 4.12. The molecule has 0 fully saturated rings. The average Bonchev–Trinajstić information content (AvgIpc) is 3.11. The number of rotatable bonds is 2. The van der Waals surface area contributed by atoms with Gasteiger partial charge in [0.2, 0.25) is 0 Å². The highest BCUT2D eigenvalue weighted by molar-refractivity contribution is 6.43. The lowest BCUT2D eigenvalue weighted by Crippen LogP contribution is -2.57. The van der Waals surface area contributed by atoms with E-state index < -0.39 is 0 Å². The van der Waals surface area contributed by atoms with Crippen molar-refractivity contribution in [3.05, 3.63) is 100 Å². The van der Waals surface area contributed by atoms with E-state index in [-0.39, 0.29) is 18.4 Å². The predicted molar refractivity (Wildman–Crippen MR) is 139 cm³/mol. The second-order valence-electron chi connectivity index (χ2n) is 8.20. The maximum absolute atomic E-state index is 13.1. The Morgan fingerprint density at radius 2 is 1.72 bits per heavy atom. The zero-order valence-electron chi connectivity index (χ0n) is 19.8. The number of nitrogens with one attached hydrogen (secondary N) is 1. The Hall–Kier alpha value is -4.48. The van der Waals surface area contributed by atoms with Crippen LogP contribution in [0.1, 0.15) is 24.5 Å². The molecular formula is C27H23ClN6O2. The van der Waals surface area contributed by atoms with Crippen LogP contribution in [-0.4, -0.2) is 46.2 Å². The van der Waals surface area contributed by atoms with Crippen LogP contribution in [0.3, 0.4) is 0 Å². The number of fused-ring (bicyclic) bond motifs is 1. The summed E-state index contributed by atoms with van der Waals surface area (Å²) in [6.45, 7) is 2.07. The molecule has 0 atom stereocenters. The van der Waals surface area contributed by atoms with E-state index in [1.54, 1.807) is 60.8 Å². The molecule has 180 valence electrons. The fourth-order valence-corrected chi connectivity index (χ4v) is 3.95. The summed E-state index contributed by atoms with van der Waals surface area (Å²) in [7, 11) is 1.62. The highest BCUT2D eigenvalue weighted by Gasteiger charge is 2.39. The molecular weight excluding hydrogens is 476 g/mol. The van der Waals surface area contributed by atoms with Gasteiger partial charge in [-0.1, -0.05) is 41.5 Å². The van der Waals surface area contributed by atoms with E-state index in [0.717, 1.165) is 23.1 Å². The smallest absolute Gasteiger partial charge is 0.271 e. The quantitative estimate of drug-likeness (QED) is 0.671. The van der Waals surface area contributed by atoms with Crippen LogP contribution in [0, 0.1) is 11.3 Å². The van der Waals surface area contributed by atoms with Gasteiger partial charge in [0.05, 0.1) is 17.2 Å². The number of halogens is 1. The first-order valence-electron chi connectivity index (χ1n) is 11.2. The van der Waals surface area contributed by atoms with Crippen LogP contribution in [-0.2, 0) is 9.59 Å². The maximum Gasteiger partial charge on any atom is 0.273 e. The van der Waals surface area contributed by atoms with Gasteiger partial charge in [0.25, 0.3) is 11.8 Å². The van der Waals surface area contributed by atoms with Gasteiger partial charge in [-0.25, -0.2) is 5.43 Å². The highest BCUT2D eigenvalue weighted by atomic mass is 35.5. The first kappa shape index (κ1) is 24.6. The number of nitrogens with zero attached hydrogens (tertiary/aromatic N) is 5. The molecule has 5 rings (SSSR count). The van der Waals surface area contributed by atoms with Gasteiger partial charge in [0, 0.05) is 30.0 Å². The van der Waals surface area contributed by atoms with Gasteiger partial charge in [-0.05, 0) is 60.9 Å². The normalized spacial score (nSPS) is 17.0. The van der Waals surface area contributed by atoms with Crippen LogP contribution in [0.5, 0.6) is 0 Å². The number of carbonyl (C=O) groups is 2. The number of benzene rings is 1. The number of hydrazine groups is 1. The Kier molecular flexibility index (Phi) is 7.42. The molecule has 0 unspecified atom stereocenters. The van der Waals surface area contributed by atoms with Crippen molar-refractivity contribution in [3.63, 3.8) is 0 Å². The van der Waals surface area contributed by atoms with Crippen molar-refractivity contribution in [2.75, 3.05) is 13.6 Å². The molecule has 0 saturated heterocycles. The van der Waals surface area contributed by atoms with Crippen molar-refractivity contribution >= 4 is 40.4 Å². The Morgan fingerprint density at radius 1 is 1.03 bits per heavy atom. The van der Waals surface area contributed by atoms with Crippen LogP contribution in [0.4, 0.5) is 0 Å². The van der Waals surface area contributed by atoms with Gasteiger partial charge in [-0.3, -0.25) is 24.6 Å². The summed E-state index contributed by atoms with van der Waals surface area (Å²) in [6, 6.07) is 12.8. The van der Waals surface area contributed by atoms with Crippen molar-refractivity contribution in [1.82, 2.24) is 20.4 Å². The number of pyridine rings is 1. The van der Waals surface area contributed by atoms with Gasteiger partial charge in [0.15, 0.2) is 5.84 Å². The number of hydrogen-bond donors (Lipinski definition) is 1. The molecule has 1 aliphatic carbocycles. The molecule has 8 nitrogen and oxygen atoms in total. The maximum atomic E-state index is 13.1. The van der Waals surface area contributed by atoms with Gasteiger partial charge < -0.3 is 0 Å². The summed E-state index contributed by atoms with van der Waals surface area (Å²) in [5.41, 5.74) is 7.15. The van der Waals surface area contributed by atoms with E-state index in [9.17, 15) is 9.59 Å². The van der Waals surface area contributed by atoms with Crippen molar-refractivity contribution < 1.29 is 9.59 Å². The summed E-state index contributed by atoms with van der Waals surface area (Å²) >= 11 is 6.00. The van der Waals surface area contributed by atoms with E-state index in [0.29, 0.717) is 22.0 Å². The van der Waals surface area contributed by atoms with Crippen molar-refractivity contribution in [2.24, 2.45) is 5.10 Å². The monoisotopic (exact) mass is 498 g/mol. The first-order chi connectivity index (χ1) is 17.4. The minimum atomic E-state index is -0.280. The molecule has 3 aliphatic rings. The lowest BCUT2D eigenvalue weighted by molar-refractivity contribution is -0.137. The number of amidine groups is 1. The Morgan fingerprint density at radius 3 is 2.42 bits per heavy atom. The number of aromatic nitrogens is 1. The first-order valence-corrected chi connectivity index (χ1v) is 11.5. The summed E-state index contributed by atoms with van der Waals surface area (Å²) in [5.74, 6) is -0.00643. The summed E-state index contributed by atoms with van der Waals surface area (Å²) in [6.07, 6.45) is 12.0. The van der Waals surface area contributed by atoms with E-state index in [1.165, 1.54) is 10.6 Å². The van der Waals surface area contributed by atoms with E-state index in [2.05, 4.69) is 28.5 Å². The molecule has 0 saturated carbocycles. The van der Waals surface area contributed by atoms with Gasteiger partial charge in [-0.15, -0.1) is 0 Å². The third kappa shape index (κ3) is 5.27. The number of hydrogen-bond acceptors (Lipinski definition) is 6. The Balaban J connectivity index is 0.000000256. The van der Waals surface area contributed by atoms with Crippen molar-refractivity contribution in [1.29, 1.82) is 5.26 Å². The summed E-state index contributed by atoms with van der Waals surface area (Å²) in [4.78, 5) is 29.0. The fourth-order valence-electron chi connectivity index (χ4n) is 3.82. The minimum absolute atomic E-state index is 0.0174. The lowest BCUT2D eigenvalue weighted by Gasteiger charge is -2.41. The second-order valence-corrected chi connectivity index (χ2v) is 8.64. The molecule has 9 heteroatoms. The largest absolute Gasteiger partial charge is 0.273 e. The average molecular weight is 499 g/mol. The lowest BCUT2D eigenvalue weighted by atomic mass is 9.91. The fraction of sp³-hybridized carbons (Fsp3) is 0.148. The van der Waals surface area contributed by atoms with Crippen molar-refractivity contribution in [2.45, 2.75) is 13.3 Å². The molecule has 3 heterocycles. The number of amides is 2. The molecule has 1 aromatic carbocycles. The number of allylic oxidation sites excluding steroid dienone is 6. The third-order valence-corrected chi connectivity index (χ3v) is 5.94. The second kappa shape index (κ2) is 10.8. The number of carbonyl (C=O) groups excluding carboxylic acids is 2. The van der Waals surface area contributed by atoms with Crippen LogP contribution in [0.2, 0.25) is 5.02 Å². The molecule has 0 radical (unpaired) electrons. The molecule has 2 aromatic rings. The summed E-state index contributed by atoms with van der Waals surface area (Å²) < 4.78 is 0. The SMILES string of the molecule is CC1=CC=C(C#N)C=CC1.CN1C(=O)C(c2ccc(Cl)cc2)=C(c2ccncc2)C2=NNC(=O)CN21. The van der Waals surface area contributed by atoms with E-state index in [1.807, 2.05) is 24.3 Å². The Bertz CT molecular complexity index is 1380. The van der Waals surface area contributed by atoms with E-state index >= 15 is 0 Å². The highest BCUT2D eigenvalue weighted by Crippen LogP contribution is 2.35.